The van der Waals surface area contributed by atoms with Gasteiger partial charge in [-0.1, -0.05) is 6.07 Å². The fraction of sp³-hybridized carbons (Fsp3) is 0.364. The number of benzene rings is 1. The van der Waals surface area contributed by atoms with Gasteiger partial charge in [0, 0.05) is 0 Å². The van der Waals surface area contributed by atoms with Crippen LogP contribution in [0.4, 0.5) is 0 Å². The van der Waals surface area contributed by atoms with Crippen LogP contribution in [-0.4, -0.2) is 20.4 Å². The molecule has 1 aromatic heterocycles. The number of aromatic hydroxyl groups is 1. The molecule has 1 aliphatic rings. The highest BCUT2D eigenvalue weighted by Gasteiger charge is 2.22. The van der Waals surface area contributed by atoms with E-state index in [1.54, 1.807) is 28.5 Å². The minimum absolute atomic E-state index is 0.129. The van der Waals surface area contributed by atoms with E-state index in [4.69, 9.17) is 0 Å². The van der Waals surface area contributed by atoms with Crippen molar-refractivity contribution in [2.24, 2.45) is 0 Å². The highest BCUT2D eigenvalue weighted by atomic mass is 32.2. The van der Waals surface area contributed by atoms with E-state index in [-0.39, 0.29) is 16.8 Å². The molecule has 1 atom stereocenters. The van der Waals surface area contributed by atoms with E-state index >= 15 is 0 Å². The first-order valence-electron chi connectivity index (χ1n) is 5.31. The minimum atomic E-state index is -0.129. The van der Waals surface area contributed by atoms with E-state index in [1.165, 1.54) is 0 Å². The molecule has 2 N–H and O–H groups in total. The lowest BCUT2D eigenvalue weighted by molar-refractivity contribution is 0.476. The van der Waals surface area contributed by atoms with Gasteiger partial charge >= 0.3 is 5.69 Å². The number of phenols is 1. The zero-order chi connectivity index (χ0) is 11.1. The largest absolute Gasteiger partial charge is 0.506 e. The molecule has 2 heterocycles. The Morgan fingerprint density at radius 1 is 1.50 bits per heavy atom. The van der Waals surface area contributed by atoms with Gasteiger partial charge in [-0.2, -0.15) is 0 Å². The number of aromatic amines is 1. The second-order valence-electron chi connectivity index (χ2n) is 3.94. The number of hydrogen-bond donors (Lipinski definition) is 2. The summed E-state index contributed by atoms with van der Waals surface area (Å²) in [6.07, 6.45) is 2.12. The van der Waals surface area contributed by atoms with Crippen LogP contribution in [0.25, 0.3) is 11.0 Å². The first-order valence-corrected chi connectivity index (χ1v) is 6.36. The second kappa shape index (κ2) is 3.59. The third-order valence-electron chi connectivity index (χ3n) is 2.91. The number of H-pyrrole nitrogens is 1. The molecule has 0 bridgehead atoms. The summed E-state index contributed by atoms with van der Waals surface area (Å²) in [4.78, 5) is 14.6. The van der Waals surface area contributed by atoms with Crippen LogP contribution in [0, 0.1) is 0 Å². The van der Waals surface area contributed by atoms with E-state index in [0.717, 1.165) is 18.6 Å². The summed E-state index contributed by atoms with van der Waals surface area (Å²) in [6, 6.07) is 5.16. The summed E-state index contributed by atoms with van der Waals surface area (Å²) in [7, 11) is 0. The quantitative estimate of drug-likeness (QED) is 0.796. The van der Waals surface area contributed by atoms with Crippen LogP contribution in [0.15, 0.2) is 23.0 Å². The summed E-state index contributed by atoms with van der Waals surface area (Å²) in [5.41, 5.74) is 1.21. The molecule has 1 saturated heterocycles. The number of fused-ring (bicyclic) bond motifs is 1. The highest BCUT2D eigenvalue weighted by Crippen LogP contribution is 2.37. The number of hydrogen-bond acceptors (Lipinski definition) is 3. The van der Waals surface area contributed by atoms with Gasteiger partial charge in [0.1, 0.15) is 11.3 Å². The molecule has 1 aliphatic heterocycles. The van der Waals surface area contributed by atoms with Crippen LogP contribution in [0.1, 0.15) is 18.2 Å². The van der Waals surface area contributed by atoms with Crippen molar-refractivity contribution in [1.29, 1.82) is 0 Å². The third-order valence-corrected chi connectivity index (χ3v) is 4.27. The van der Waals surface area contributed by atoms with Gasteiger partial charge in [-0.15, -0.1) is 11.8 Å². The van der Waals surface area contributed by atoms with Crippen molar-refractivity contribution in [3.05, 3.63) is 28.7 Å². The van der Waals surface area contributed by atoms with Gasteiger partial charge in [-0.05, 0) is 30.7 Å². The first-order chi connectivity index (χ1) is 7.77. The SMILES string of the molecule is O=c1[nH]c2cccc(O)c2n1C1CCCS1. The molecule has 0 amide bonds. The first kappa shape index (κ1) is 9.84. The van der Waals surface area contributed by atoms with E-state index in [9.17, 15) is 9.90 Å². The smallest absolute Gasteiger partial charge is 0.327 e. The van der Waals surface area contributed by atoms with Crippen LogP contribution < -0.4 is 5.69 Å². The van der Waals surface area contributed by atoms with Gasteiger partial charge in [0.05, 0.1) is 10.9 Å². The summed E-state index contributed by atoms with van der Waals surface area (Å²) in [5.74, 6) is 1.25. The predicted octanol–water partition coefficient (Wildman–Crippen LogP) is 2.06. The molecule has 0 aliphatic carbocycles. The average molecular weight is 236 g/mol. The molecule has 0 saturated carbocycles. The normalized spacial score (nSPS) is 20.6. The van der Waals surface area contributed by atoms with Crippen LogP contribution in [0.3, 0.4) is 0 Å². The molecule has 0 spiro atoms. The van der Waals surface area contributed by atoms with Crippen LogP contribution in [0.5, 0.6) is 5.75 Å². The number of imidazole rings is 1. The molecular formula is C11H12N2O2S. The van der Waals surface area contributed by atoms with Crippen molar-refractivity contribution in [2.45, 2.75) is 18.2 Å². The molecule has 1 unspecified atom stereocenters. The van der Waals surface area contributed by atoms with Gasteiger partial charge in [0.2, 0.25) is 0 Å². The Morgan fingerprint density at radius 2 is 2.38 bits per heavy atom. The Balaban J connectivity index is 2.29. The van der Waals surface area contributed by atoms with Gasteiger partial charge in [0.15, 0.2) is 0 Å². The molecule has 16 heavy (non-hydrogen) atoms. The summed E-state index contributed by atoms with van der Waals surface area (Å²) in [5, 5.41) is 10.00. The highest BCUT2D eigenvalue weighted by molar-refractivity contribution is 7.99. The summed E-state index contributed by atoms with van der Waals surface area (Å²) >= 11 is 1.77. The van der Waals surface area contributed by atoms with Crippen LogP contribution in [0.2, 0.25) is 0 Å². The lowest BCUT2D eigenvalue weighted by Gasteiger charge is -2.10. The van der Waals surface area contributed by atoms with Crippen molar-refractivity contribution in [3.63, 3.8) is 0 Å². The van der Waals surface area contributed by atoms with Crippen molar-refractivity contribution in [3.8, 4) is 5.75 Å². The van der Waals surface area contributed by atoms with Crippen molar-refractivity contribution >= 4 is 22.8 Å². The molecule has 4 nitrogen and oxygen atoms in total. The maximum absolute atomic E-state index is 11.9. The van der Waals surface area contributed by atoms with Crippen LogP contribution in [-0.2, 0) is 0 Å². The molecule has 5 heteroatoms. The van der Waals surface area contributed by atoms with Gasteiger partial charge < -0.3 is 10.1 Å². The monoisotopic (exact) mass is 236 g/mol. The van der Waals surface area contributed by atoms with Crippen molar-refractivity contribution in [1.82, 2.24) is 9.55 Å². The molecule has 1 aromatic carbocycles. The number of aromatic nitrogens is 2. The third kappa shape index (κ3) is 1.35. The topological polar surface area (TPSA) is 58.0 Å². The molecule has 84 valence electrons. The number of rotatable bonds is 1. The Morgan fingerprint density at radius 3 is 3.12 bits per heavy atom. The minimum Gasteiger partial charge on any atom is -0.506 e. The van der Waals surface area contributed by atoms with Crippen molar-refractivity contribution < 1.29 is 5.11 Å². The Hall–Kier alpha value is -1.36. The number of nitrogens with zero attached hydrogens (tertiary/aromatic N) is 1. The molecular weight excluding hydrogens is 224 g/mol. The average Bonchev–Trinajstić information content (AvgIpc) is 2.84. The Kier molecular flexibility index (Phi) is 2.21. The van der Waals surface area contributed by atoms with E-state index in [2.05, 4.69) is 4.98 Å². The summed E-state index contributed by atoms with van der Waals surface area (Å²) < 4.78 is 1.68. The van der Waals surface area contributed by atoms with E-state index < -0.39 is 0 Å². The predicted molar refractivity (Wildman–Crippen MR) is 65.0 cm³/mol. The maximum Gasteiger partial charge on any atom is 0.327 e. The number of para-hydroxylation sites is 1. The van der Waals surface area contributed by atoms with Crippen molar-refractivity contribution in [2.75, 3.05) is 5.75 Å². The summed E-state index contributed by atoms with van der Waals surface area (Å²) in [6.45, 7) is 0. The van der Waals surface area contributed by atoms with Gasteiger partial charge in [0.25, 0.3) is 0 Å². The molecule has 0 radical (unpaired) electrons. The van der Waals surface area contributed by atoms with E-state index in [1.807, 2.05) is 6.07 Å². The lowest BCUT2D eigenvalue weighted by atomic mass is 10.3. The van der Waals surface area contributed by atoms with Crippen LogP contribution >= 0.6 is 11.8 Å². The molecule has 3 rings (SSSR count). The Labute approximate surface area is 96.3 Å². The fourth-order valence-electron chi connectivity index (χ4n) is 2.20. The zero-order valence-corrected chi connectivity index (χ0v) is 9.46. The van der Waals surface area contributed by atoms with Gasteiger partial charge in [-0.3, -0.25) is 4.57 Å². The molecule has 1 fully saturated rings. The number of thioether (sulfide) groups is 1. The zero-order valence-electron chi connectivity index (χ0n) is 8.64. The number of nitrogens with one attached hydrogen (secondary N) is 1. The number of phenolic OH excluding ortho intramolecular Hbond substituents is 1. The molecule has 2 aromatic rings. The standard InChI is InChI=1S/C11H12N2O2S/c14-8-4-1-3-7-10(8)13(11(15)12-7)9-5-2-6-16-9/h1,3-4,9,14H,2,5-6H2,(H,12,15). The van der Waals surface area contributed by atoms with Gasteiger partial charge in [-0.25, -0.2) is 4.79 Å². The Bertz CT molecular complexity index is 581. The fourth-order valence-corrected chi connectivity index (χ4v) is 3.49. The maximum atomic E-state index is 11.9. The lowest BCUT2D eigenvalue weighted by Crippen LogP contribution is -2.18. The second-order valence-corrected chi connectivity index (χ2v) is 5.23. The van der Waals surface area contributed by atoms with E-state index in [0.29, 0.717) is 11.0 Å².